The zero-order valence-corrected chi connectivity index (χ0v) is 14.1. The highest BCUT2D eigenvalue weighted by Crippen LogP contribution is 2.17. The Morgan fingerprint density at radius 2 is 2.00 bits per heavy atom. The van der Waals surface area contributed by atoms with E-state index in [-0.39, 0.29) is 16.8 Å². The Morgan fingerprint density at radius 1 is 1.29 bits per heavy atom. The summed E-state index contributed by atoms with van der Waals surface area (Å²) in [6.45, 7) is 1.38. The van der Waals surface area contributed by atoms with Crippen LogP contribution in [0.15, 0.2) is 18.3 Å². The third kappa shape index (κ3) is 5.19. The molecular formula is C16H20ClN3O4. The van der Waals surface area contributed by atoms with Crippen LogP contribution in [0.1, 0.15) is 49.4 Å². The van der Waals surface area contributed by atoms with Gasteiger partial charge >= 0.3 is 12.0 Å². The molecule has 0 aliphatic heterocycles. The largest absolute Gasteiger partial charge is 0.449 e. The van der Waals surface area contributed by atoms with Crippen LogP contribution >= 0.6 is 11.6 Å². The Bertz CT molecular complexity index is 617. The molecule has 0 unspecified atom stereocenters. The first kappa shape index (κ1) is 18.2. The number of carbonyl (C=O) groups is 3. The van der Waals surface area contributed by atoms with E-state index in [1.807, 2.05) is 0 Å². The van der Waals surface area contributed by atoms with Crippen LogP contribution in [0.5, 0.6) is 0 Å². The molecule has 1 aliphatic rings. The number of aromatic nitrogens is 1. The molecule has 1 aliphatic carbocycles. The molecule has 7 nitrogen and oxygen atoms in total. The summed E-state index contributed by atoms with van der Waals surface area (Å²) >= 11 is 5.80. The Hall–Kier alpha value is -2.15. The zero-order valence-electron chi connectivity index (χ0n) is 13.4. The molecule has 1 fully saturated rings. The third-order valence-electron chi connectivity index (χ3n) is 3.81. The van der Waals surface area contributed by atoms with Gasteiger partial charge in [0.2, 0.25) is 0 Å². The molecule has 0 radical (unpaired) electrons. The van der Waals surface area contributed by atoms with Gasteiger partial charge in [-0.05, 0) is 31.9 Å². The number of hydrogen-bond donors (Lipinski definition) is 2. The molecule has 8 heteroatoms. The van der Waals surface area contributed by atoms with Gasteiger partial charge in [0.1, 0.15) is 5.15 Å². The van der Waals surface area contributed by atoms with E-state index in [0.717, 1.165) is 25.7 Å². The fourth-order valence-corrected chi connectivity index (χ4v) is 2.69. The molecule has 0 spiro atoms. The highest BCUT2D eigenvalue weighted by atomic mass is 35.5. The van der Waals surface area contributed by atoms with E-state index in [0.29, 0.717) is 0 Å². The summed E-state index contributed by atoms with van der Waals surface area (Å²) in [5, 5.41) is 4.93. The molecular weight excluding hydrogens is 334 g/mol. The molecule has 130 valence electrons. The molecule has 1 atom stereocenters. The monoisotopic (exact) mass is 353 g/mol. The zero-order chi connectivity index (χ0) is 17.5. The van der Waals surface area contributed by atoms with Crippen molar-refractivity contribution in [2.75, 3.05) is 0 Å². The molecule has 0 aromatic carbocycles. The first-order valence-electron chi connectivity index (χ1n) is 7.90. The minimum absolute atomic E-state index is 0.00912. The summed E-state index contributed by atoms with van der Waals surface area (Å²) in [7, 11) is 0. The van der Waals surface area contributed by atoms with Gasteiger partial charge in [-0.1, -0.05) is 30.9 Å². The highest BCUT2D eigenvalue weighted by molar-refractivity contribution is 6.32. The number of nitrogens with one attached hydrogen (secondary N) is 2. The van der Waals surface area contributed by atoms with Gasteiger partial charge in [-0.3, -0.25) is 10.1 Å². The molecule has 0 saturated heterocycles. The Kier molecular flexibility index (Phi) is 6.54. The average Bonchev–Trinajstić information content (AvgIpc) is 2.55. The Balaban J connectivity index is 1.82. The third-order valence-corrected chi connectivity index (χ3v) is 4.11. The summed E-state index contributed by atoms with van der Waals surface area (Å²) in [5.41, 5.74) is 0.0606. The maximum absolute atomic E-state index is 12.0. The second kappa shape index (κ2) is 8.63. The fraction of sp³-hybridized carbons (Fsp3) is 0.500. The summed E-state index contributed by atoms with van der Waals surface area (Å²) < 4.78 is 5.01. The van der Waals surface area contributed by atoms with Gasteiger partial charge in [0.15, 0.2) is 6.10 Å². The maximum Gasteiger partial charge on any atom is 0.342 e. The normalized spacial score (nSPS) is 16.1. The van der Waals surface area contributed by atoms with Gasteiger partial charge < -0.3 is 10.1 Å². The van der Waals surface area contributed by atoms with Crippen LogP contribution in [0.25, 0.3) is 0 Å². The van der Waals surface area contributed by atoms with Gasteiger partial charge in [-0.25, -0.2) is 14.6 Å². The SMILES string of the molecule is C[C@H](OC(=O)c1cccnc1Cl)C(=O)NC(=O)NC1CCCCC1. The van der Waals surface area contributed by atoms with Crippen LogP contribution in [0, 0.1) is 0 Å². The van der Waals surface area contributed by atoms with Crippen molar-refractivity contribution in [3.05, 3.63) is 29.0 Å². The van der Waals surface area contributed by atoms with Crippen molar-refractivity contribution in [2.24, 2.45) is 0 Å². The lowest BCUT2D eigenvalue weighted by Gasteiger charge is -2.23. The minimum atomic E-state index is -1.13. The fourth-order valence-electron chi connectivity index (χ4n) is 2.50. The number of rotatable bonds is 4. The molecule has 0 bridgehead atoms. The van der Waals surface area contributed by atoms with Crippen molar-refractivity contribution in [1.82, 2.24) is 15.6 Å². The van der Waals surface area contributed by atoms with Crippen LogP contribution in [0.3, 0.4) is 0 Å². The van der Waals surface area contributed by atoms with E-state index < -0.39 is 24.0 Å². The Labute approximate surface area is 145 Å². The van der Waals surface area contributed by atoms with Gasteiger partial charge in [0.05, 0.1) is 5.56 Å². The number of ether oxygens (including phenoxy) is 1. The first-order valence-corrected chi connectivity index (χ1v) is 8.28. The molecule has 24 heavy (non-hydrogen) atoms. The lowest BCUT2D eigenvalue weighted by molar-refractivity contribution is -0.127. The number of esters is 1. The maximum atomic E-state index is 12.0. The number of imide groups is 1. The quantitative estimate of drug-likeness (QED) is 0.640. The number of halogens is 1. The van der Waals surface area contributed by atoms with E-state index in [1.54, 1.807) is 0 Å². The summed E-state index contributed by atoms with van der Waals surface area (Å²) in [4.78, 5) is 39.5. The van der Waals surface area contributed by atoms with E-state index >= 15 is 0 Å². The smallest absolute Gasteiger partial charge is 0.342 e. The number of urea groups is 1. The lowest BCUT2D eigenvalue weighted by atomic mass is 9.96. The molecule has 2 rings (SSSR count). The topological polar surface area (TPSA) is 97.4 Å². The van der Waals surface area contributed by atoms with Crippen molar-refractivity contribution in [2.45, 2.75) is 51.2 Å². The van der Waals surface area contributed by atoms with Crippen molar-refractivity contribution in [3.8, 4) is 0 Å². The second-order valence-electron chi connectivity index (χ2n) is 5.69. The molecule has 1 aromatic rings. The van der Waals surface area contributed by atoms with Crippen LogP contribution in [0.2, 0.25) is 5.15 Å². The minimum Gasteiger partial charge on any atom is -0.449 e. The van der Waals surface area contributed by atoms with Gasteiger partial charge in [0, 0.05) is 12.2 Å². The highest BCUT2D eigenvalue weighted by Gasteiger charge is 2.23. The van der Waals surface area contributed by atoms with E-state index in [2.05, 4.69) is 15.6 Å². The first-order chi connectivity index (χ1) is 11.5. The van der Waals surface area contributed by atoms with Gasteiger partial charge in [0.25, 0.3) is 5.91 Å². The Morgan fingerprint density at radius 3 is 2.67 bits per heavy atom. The number of pyridine rings is 1. The van der Waals surface area contributed by atoms with Crippen molar-refractivity contribution in [3.63, 3.8) is 0 Å². The van der Waals surface area contributed by atoms with Crippen molar-refractivity contribution in [1.29, 1.82) is 0 Å². The van der Waals surface area contributed by atoms with Crippen LogP contribution < -0.4 is 10.6 Å². The summed E-state index contributed by atoms with van der Waals surface area (Å²) in [6, 6.07) is 2.48. The van der Waals surface area contributed by atoms with Crippen molar-refractivity contribution < 1.29 is 19.1 Å². The van der Waals surface area contributed by atoms with E-state index in [4.69, 9.17) is 16.3 Å². The van der Waals surface area contributed by atoms with Crippen LogP contribution in [0.4, 0.5) is 4.79 Å². The lowest BCUT2D eigenvalue weighted by Crippen LogP contribution is -2.48. The molecule has 3 amide bonds. The predicted octanol–water partition coefficient (Wildman–Crippen LogP) is 2.44. The van der Waals surface area contributed by atoms with Gasteiger partial charge in [-0.2, -0.15) is 0 Å². The summed E-state index contributed by atoms with van der Waals surface area (Å²) in [5.74, 6) is -1.47. The molecule has 1 saturated carbocycles. The van der Waals surface area contributed by atoms with E-state index in [9.17, 15) is 14.4 Å². The molecule has 1 heterocycles. The molecule has 2 N–H and O–H groups in total. The van der Waals surface area contributed by atoms with Gasteiger partial charge in [-0.15, -0.1) is 0 Å². The average molecular weight is 354 g/mol. The van der Waals surface area contributed by atoms with E-state index in [1.165, 1.54) is 31.7 Å². The number of nitrogens with zero attached hydrogens (tertiary/aromatic N) is 1. The number of hydrogen-bond acceptors (Lipinski definition) is 5. The van der Waals surface area contributed by atoms with Crippen molar-refractivity contribution >= 4 is 29.5 Å². The van der Waals surface area contributed by atoms with Crippen LogP contribution in [-0.4, -0.2) is 35.0 Å². The summed E-state index contributed by atoms with van der Waals surface area (Å²) in [6.07, 6.45) is 5.42. The molecule has 1 aromatic heterocycles. The van der Waals surface area contributed by atoms with Crippen LogP contribution in [-0.2, 0) is 9.53 Å². The predicted molar refractivity (Wildman–Crippen MR) is 87.7 cm³/mol. The second-order valence-corrected chi connectivity index (χ2v) is 6.04. The number of amides is 3. The number of carbonyl (C=O) groups excluding carboxylic acids is 3. The standard InChI is InChI=1S/C16H20ClN3O4/c1-10(24-15(22)12-8-5-9-18-13(12)17)14(21)20-16(23)19-11-6-3-2-4-7-11/h5,8-11H,2-4,6-7H2,1H3,(H2,19,20,21,23)/t10-/m0/s1.